The second-order valence-electron chi connectivity index (χ2n) is 4.84. The van der Waals surface area contributed by atoms with Crippen molar-refractivity contribution in [2.75, 3.05) is 26.3 Å². The molecule has 1 aromatic carbocycles. The lowest BCUT2D eigenvalue weighted by Crippen LogP contribution is -2.41. The Labute approximate surface area is 114 Å². The number of hydrogen-bond donors (Lipinski definition) is 0. The van der Waals surface area contributed by atoms with Crippen molar-refractivity contribution < 1.29 is 9.53 Å². The number of amides is 1. The van der Waals surface area contributed by atoms with E-state index < -0.39 is 0 Å². The highest BCUT2D eigenvalue weighted by atomic mass is 16.5. The molecule has 0 saturated carbocycles. The fourth-order valence-electron chi connectivity index (χ4n) is 2.43. The summed E-state index contributed by atoms with van der Waals surface area (Å²) < 4.78 is 5.38. The van der Waals surface area contributed by atoms with Crippen LogP contribution in [0.25, 0.3) is 0 Å². The Morgan fingerprint density at radius 2 is 2.21 bits per heavy atom. The summed E-state index contributed by atoms with van der Waals surface area (Å²) in [6.07, 6.45) is 7.29. The molecule has 0 spiro atoms. The minimum absolute atomic E-state index is 0.113. The molecule has 1 amide bonds. The smallest absolute Gasteiger partial charge is 0.253 e. The van der Waals surface area contributed by atoms with E-state index in [-0.39, 0.29) is 5.91 Å². The molecule has 1 heterocycles. The summed E-state index contributed by atoms with van der Waals surface area (Å²) in [5.74, 6) is 2.98. The molecule has 1 aliphatic rings. The van der Waals surface area contributed by atoms with Gasteiger partial charge < -0.3 is 9.64 Å². The van der Waals surface area contributed by atoms with E-state index in [4.69, 9.17) is 11.2 Å². The predicted molar refractivity (Wildman–Crippen MR) is 74.7 cm³/mol. The minimum atomic E-state index is 0.113. The van der Waals surface area contributed by atoms with Gasteiger partial charge in [-0.25, -0.2) is 0 Å². The van der Waals surface area contributed by atoms with Gasteiger partial charge in [0.25, 0.3) is 5.91 Å². The van der Waals surface area contributed by atoms with E-state index in [9.17, 15) is 4.79 Å². The van der Waals surface area contributed by atoms with Crippen molar-refractivity contribution in [3.05, 3.63) is 35.9 Å². The van der Waals surface area contributed by atoms with Crippen molar-refractivity contribution in [1.29, 1.82) is 0 Å². The molecule has 0 radical (unpaired) electrons. The predicted octanol–water partition coefficient (Wildman–Crippen LogP) is 2.19. The third-order valence-corrected chi connectivity index (χ3v) is 3.37. The quantitative estimate of drug-likeness (QED) is 0.611. The molecule has 0 N–H and O–H groups in total. The molecule has 0 aromatic heterocycles. The third kappa shape index (κ3) is 3.84. The number of likely N-dealkylation sites (tertiary alicyclic amines) is 1. The van der Waals surface area contributed by atoms with Gasteiger partial charge in [-0.05, 0) is 25.0 Å². The van der Waals surface area contributed by atoms with Crippen molar-refractivity contribution in [1.82, 2.24) is 4.90 Å². The van der Waals surface area contributed by atoms with Crippen LogP contribution in [0, 0.1) is 18.3 Å². The standard InChI is InChI=1S/C16H19NO2/c1-2-11-19-13-14-7-6-10-17(12-14)16(18)15-8-4-3-5-9-15/h1,3-5,8-9,14H,6-7,10-13H2. The molecule has 0 bridgehead atoms. The lowest BCUT2D eigenvalue weighted by atomic mass is 9.98. The van der Waals surface area contributed by atoms with Crippen LogP contribution in [0.4, 0.5) is 0 Å². The normalized spacial score (nSPS) is 18.9. The second kappa shape index (κ2) is 6.96. The van der Waals surface area contributed by atoms with Gasteiger partial charge in [0, 0.05) is 24.6 Å². The monoisotopic (exact) mass is 257 g/mol. The number of carbonyl (C=O) groups excluding carboxylic acids is 1. The van der Waals surface area contributed by atoms with Gasteiger partial charge >= 0.3 is 0 Å². The Balaban J connectivity index is 1.90. The van der Waals surface area contributed by atoms with Crippen LogP contribution in [0.2, 0.25) is 0 Å². The zero-order valence-corrected chi connectivity index (χ0v) is 11.0. The zero-order chi connectivity index (χ0) is 13.5. The van der Waals surface area contributed by atoms with E-state index in [2.05, 4.69) is 5.92 Å². The number of ether oxygens (including phenoxy) is 1. The molecule has 2 rings (SSSR count). The van der Waals surface area contributed by atoms with Gasteiger partial charge in [-0.15, -0.1) is 6.42 Å². The van der Waals surface area contributed by atoms with E-state index >= 15 is 0 Å². The second-order valence-corrected chi connectivity index (χ2v) is 4.84. The molecule has 1 atom stereocenters. The maximum atomic E-state index is 12.3. The number of nitrogens with zero attached hydrogens (tertiary/aromatic N) is 1. The van der Waals surface area contributed by atoms with Crippen LogP contribution in [-0.2, 0) is 4.74 Å². The minimum Gasteiger partial charge on any atom is -0.368 e. The highest BCUT2D eigenvalue weighted by Crippen LogP contribution is 2.18. The average molecular weight is 257 g/mol. The summed E-state index contributed by atoms with van der Waals surface area (Å²) in [6.45, 7) is 2.59. The van der Waals surface area contributed by atoms with Crippen molar-refractivity contribution >= 4 is 5.91 Å². The molecule has 0 aliphatic carbocycles. The number of rotatable bonds is 4. The molecule has 1 aromatic rings. The van der Waals surface area contributed by atoms with Gasteiger partial charge in [0.2, 0.25) is 0 Å². The maximum Gasteiger partial charge on any atom is 0.253 e. The summed E-state index contributed by atoms with van der Waals surface area (Å²) in [4.78, 5) is 14.2. The first-order valence-corrected chi connectivity index (χ1v) is 6.67. The Morgan fingerprint density at radius 1 is 1.42 bits per heavy atom. The molecular weight excluding hydrogens is 238 g/mol. The summed E-state index contributed by atoms with van der Waals surface area (Å²) in [7, 11) is 0. The molecule has 1 aliphatic heterocycles. The molecule has 3 nitrogen and oxygen atoms in total. The maximum absolute atomic E-state index is 12.3. The highest BCUT2D eigenvalue weighted by molar-refractivity contribution is 5.94. The van der Waals surface area contributed by atoms with Crippen LogP contribution in [0.5, 0.6) is 0 Å². The van der Waals surface area contributed by atoms with Crippen LogP contribution in [0.1, 0.15) is 23.2 Å². The first kappa shape index (κ1) is 13.6. The lowest BCUT2D eigenvalue weighted by Gasteiger charge is -2.32. The highest BCUT2D eigenvalue weighted by Gasteiger charge is 2.24. The van der Waals surface area contributed by atoms with Gasteiger partial charge in [0.1, 0.15) is 6.61 Å². The molecule has 100 valence electrons. The summed E-state index contributed by atoms with van der Waals surface area (Å²) in [5, 5.41) is 0. The molecule has 1 unspecified atom stereocenters. The van der Waals surface area contributed by atoms with Crippen LogP contribution >= 0.6 is 0 Å². The van der Waals surface area contributed by atoms with Crippen molar-refractivity contribution in [3.8, 4) is 12.3 Å². The van der Waals surface area contributed by atoms with Crippen LogP contribution in [0.3, 0.4) is 0 Å². The number of carbonyl (C=O) groups is 1. The number of piperidine rings is 1. The molecule has 1 fully saturated rings. The van der Waals surface area contributed by atoms with E-state index in [1.165, 1.54) is 0 Å². The summed E-state index contributed by atoms with van der Waals surface area (Å²) in [6, 6.07) is 9.43. The first-order valence-electron chi connectivity index (χ1n) is 6.67. The number of hydrogen-bond acceptors (Lipinski definition) is 2. The third-order valence-electron chi connectivity index (χ3n) is 3.37. The topological polar surface area (TPSA) is 29.5 Å². The van der Waals surface area contributed by atoms with Gasteiger partial charge in [0.15, 0.2) is 0 Å². The Morgan fingerprint density at radius 3 is 2.95 bits per heavy atom. The zero-order valence-electron chi connectivity index (χ0n) is 11.0. The van der Waals surface area contributed by atoms with Crippen LogP contribution < -0.4 is 0 Å². The average Bonchev–Trinajstić information content (AvgIpc) is 2.48. The first-order chi connectivity index (χ1) is 9.31. The van der Waals surface area contributed by atoms with Gasteiger partial charge in [-0.3, -0.25) is 4.79 Å². The SMILES string of the molecule is C#CCOCC1CCCN(C(=O)c2ccccc2)C1. The van der Waals surface area contributed by atoms with Crippen molar-refractivity contribution in [2.45, 2.75) is 12.8 Å². The largest absolute Gasteiger partial charge is 0.368 e. The molecule has 19 heavy (non-hydrogen) atoms. The molecule has 3 heteroatoms. The van der Waals surface area contributed by atoms with E-state index in [1.54, 1.807) is 0 Å². The van der Waals surface area contributed by atoms with Crippen molar-refractivity contribution in [2.24, 2.45) is 5.92 Å². The van der Waals surface area contributed by atoms with Gasteiger partial charge in [0.05, 0.1) is 6.61 Å². The summed E-state index contributed by atoms with van der Waals surface area (Å²) in [5.41, 5.74) is 0.757. The molecular formula is C16H19NO2. The number of benzene rings is 1. The van der Waals surface area contributed by atoms with Gasteiger partial charge in [-0.1, -0.05) is 24.1 Å². The van der Waals surface area contributed by atoms with Crippen LogP contribution in [-0.4, -0.2) is 37.1 Å². The lowest BCUT2D eigenvalue weighted by molar-refractivity contribution is 0.0534. The van der Waals surface area contributed by atoms with Crippen molar-refractivity contribution in [3.63, 3.8) is 0 Å². The Bertz CT molecular complexity index is 450. The fraction of sp³-hybridized carbons (Fsp3) is 0.438. The summed E-state index contributed by atoms with van der Waals surface area (Å²) >= 11 is 0. The Kier molecular flexibility index (Phi) is 5.00. The Hall–Kier alpha value is -1.79. The van der Waals surface area contributed by atoms with E-state index in [1.807, 2.05) is 35.2 Å². The van der Waals surface area contributed by atoms with E-state index in [0.29, 0.717) is 19.1 Å². The van der Waals surface area contributed by atoms with Gasteiger partial charge in [-0.2, -0.15) is 0 Å². The van der Waals surface area contributed by atoms with E-state index in [0.717, 1.165) is 31.5 Å². The van der Waals surface area contributed by atoms with Crippen LogP contribution in [0.15, 0.2) is 30.3 Å². The fourth-order valence-corrected chi connectivity index (χ4v) is 2.43. The number of terminal acetylenes is 1. The molecule has 1 saturated heterocycles.